The van der Waals surface area contributed by atoms with Crippen LogP contribution in [0.25, 0.3) is 6.08 Å². The number of benzene rings is 2. The Morgan fingerprint density at radius 2 is 1.84 bits per heavy atom. The van der Waals surface area contributed by atoms with Gasteiger partial charge in [-0.15, -0.1) is 0 Å². The minimum Gasteiger partial charge on any atom is -0.488 e. The third kappa shape index (κ3) is 5.60. The maximum absolute atomic E-state index is 13.0. The molecule has 0 aromatic heterocycles. The maximum Gasteiger partial charge on any atom is 0.293 e. The van der Waals surface area contributed by atoms with Gasteiger partial charge >= 0.3 is 0 Å². The molecule has 162 valence electrons. The number of aryl methyl sites for hydroxylation is 1. The largest absolute Gasteiger partial charge is 0.488 e. The van der Waals surface area contributed by atoms with E-state index in [0.29, 0.717) is 29.7 Å². The van der Waals surface area contributed by atoms with E-state index in [2.05, 4.69) is 35.0 Å². The third-order valence-electron chi connectivity index (χ3n) is 5.81. The van der Waals surface area contributed by atoms with Crippen LogP contribution in [0.2, 0.25) is 0 Å². The smallest absolute Gasteiger partial charge is 0.293 e. The highest BCUT2D eigenvalue weighted by Crippen LogP contribution is 2.36. The second-order valence-corrected chi connectivity index (χ2v) is 10.2. The van der Waals surface area contributed by atoms with Gasteiger partial charge in [0.15, 0.2) is 0 Å². The summed E-state index contributed by atoms with van der Waals surface area (Å²) in [6, 6.07) is 13.9. The van der Waals surface area contributed by atoms with E-state index in [1.807, 2.05) is 30.3 Å². The molecule has 31 heavy (non-hydrogen) atoms. The monoisotopic (exact) mass is 499 g/mol. The molecule has 6 heteroatoms. The van der Waals surface area contributed by atoms with Gasteiger partial charge in [0.05, 0.1) is 4.91 Å². The fourth-order valence-electron chi connectivity index (χ4n) is 4.04. The lowest BCUT2D eigenvalue weighted by Crippen LogP contribution is -2.34. The number of hydrogen-bond acceptors (Lipinski definition) is 4. The Kier molecular flexibility index (Phi) is 7.18. The SMILES string of the molecule is Cc1ccc(COc2ccc(Br)cc2/C=C2/SC(=O)N(CC3CCCCC3)C2=O)cc1. The Labute approximate surface area is 196 Å². The number of ether oxygens (including phenoxy) is 1. The molecule has 2 fully saturated rings. The molecule has 4 rings (SSSR count). The van der Waals surface area contributed by atoms with Gasteiger partial charge in [-0.25, -0.2) is 0 Å². The van der Waals surface area contributed by atoms with Crippen molar-refractivity contribution in [3.63, 3.8) is 0 Å². The van der Waals surface area contributed by atoms with Crippen molar-refractivity contribution in [1.82, 2.24) is 4.90 Å². The zero-order valence-electron chi connectivity index (χ0n) is 17.6. The number of nitrogens with zero attached hydrogens (tertiary/aromatic N) is 1. The van der Waals surface area contributed by atoms with E-state index in [1.54, 1.807) is 6.08 Å². The number of carbonyl (C=O) groups is 2. The van der Waals surface area contributed by atoms with Crippen LogP contribution < -0.4 is 4.74 Å². The van der Waals surface area contributed by atoms with Crippen LogP contribution in [0.5, 0.6) is 5.75 Å². The summed E-state index contributed by atoms with van der Waals surface area (Å²) in [5.74, 6) is 0.925. The molecule has 1 saturated carbocycles. The number of carbonyl (C=O) groups excluding carboxylic acids is 2. The van der Waals surface area contributed by atoms with Crippen molar-refractivity contribution < 1.29 is 14.3 Å². The number of halogens is 1. The first kappa shape index (κ1) is 22.2. The van der Waals surface area contributed by atoms with E-state index in [4.69, 9.17) is 4.74 Å². The summed E-state index contributed by atoms with van der Waals surface area (Å²) in [5, 5.41) is -0.168. The van der Waals surface area contributed by atoms with Crippen molar-refractivity contribution in [3.8, 4) is 5.75 Å². The molecule has 2 amide bonds. The van der Waals surface area contributed by atoms with Crippen LogP contribution in [-0.2, 0) is 11.4 Å². The molecular weight excluding hydrogens is 474 g/mol. The number of thioether (sulfide) groups is 1. The minimum absolute atomic E-state index is 0.168. The molecule has 1 saturated heterocycles. The molecule has 0 bridgehead atoms. The van der Waals surface area contributed by atoms with E-state index in [1.165, 1.54) is 29.7 Å². The molecule has 4 nitrogen and oxygen atoms in total. The maximum atomic E-state index is 13.0. The van der Waals surface area contributed by atoms with E-state index < -0.39 is 0 Å². The van der Waals surface area contributed by atoms with Crippen molar-refractivity contribution in [3.05, 3.63) is 68.5 Å². The predicted octanol–water partition coefficient (Wildman–Crippen LogP) is 6.95. The van der Waals surface area contributed by atoms with Crippen LogP contribution in [0, 0.1) is 12.8 Å². The molecule has 0 unspecified atom stereocenters. The Morgan fingerprint density at radius 1 is 1.10 bits per heavy atom. The molecule has 1 heterocycles. The molecule has 2 aromatic carbocycles. The predicted molar refractivity (Wildman–Crippen MR) is 129 cm³/mol. The lowest BCUT2D eigenvalue weighted by atomic mass is 9.89. The lowest BCUT2D eigenvalue weighted by Gasteiger charge is -2.25. The van der Waals surface area contributed by atoms with Gasteiger partial charge in [0.2, 0.25) is 0 Å². The van der Waals surface area contributed by atoms with E-state index >= 15 is 0 Å². The number of rotatable bonds is 6. The summed E-state index contributed by atoms with van der Waals surface area (Å²) in [7, 11) is 0. The second-order valence-electron chi connectivity index (χ2n) is 8.25. The highest BCUT2D eigenvalue weighted by atomic mass is 79.9. The van der Waals surface area contributed by atoms with Gasteiger partial charge in [0.25, 0.3) is 11.1 Å². The number of hydrogen-bond donors (Lipinski definition) is 0. The van der Waals surface area contributed by atoms with Crippen molar-refractivity contribution >= 4 is 44.9 Å². The van der Waals surface area contributed by atoms with Gasteiger partial charge in [0.1, 0.15) is 12.4 Å². The zero-order chi connectivity index (χ0) is 21.8. The van der Waals surface area contributed by atoms with Crippen molar-refractivity contribution in [2.45, 2.75) is 45.6 Å². The summed E-state index contributed by atoms with van der Waals surface area (Å²) in [6.45, 7) is 3.03. The van der Waals surface area contributed by atoms with Gasteiger partial charge in [-0.05, 0) is 67.3 Å². The first-order chi connectivity index (χ1) is 15.0. The van der Waals surface area contributed by atoms with Gasteiger partial charge < -0.3 is 4.74 Å². The fourth-order valence-corrected chi connectivity index (χ4v) is 5.25. The molecule has 1 aliphatic carbocycles. The first-order valence-corrected chi connectivity index (χ1v) is 12.3. The topological polar surface area (TPSA) is 46.6 Å². The average molecular weight is 500 g/mol. The van der Waals surface area contributed by atoms with E-state index in [9.17, 15) is 9.59 Å². The van der Waals surface area contributed by atoms with Crippen LogP contribution in [0.1, 0.15) is 48.8 Å². The summed E-state index contributed by atoms with van der Waals surface area (Å²) >= 11 is 4.52. The average Bonchev–Trinajstić information content (AvgIpc) is 3.02. The Balaban J connectivity index is 1.50. The molecule has 0 atom stereocenters. The highest BCUT2D eigenvalue weighted by Gasteiger charge is 2.36. The fraction of sp³-hybridized carbons (Fsp3) is 0.360. The third-order valence-corrected chi connectivity index (χ3v) is 7.21. The summed E-state index contributed by atoms with van der Waals surface area (Å²) in [5.41, 5.74) is 3.06. The van der Waals surface area contributed by atoms with Crippen LogP contribution in [0.4, 0.5) is 4.79 Å². The molecule has 0 spiro atoms. The molecule has 0 radical (unpaired) electrons. The number of amides is 2. The highest BCUT2D eigenvalue weighted by molar-refractivity contribution is 9.10. The molecule has 2 aliphatic rings. The first-order valence-electron chi connectivity index (χ1n) is 10.7. The van der Waals surface area contributed by atoms with Crippen LogP contribution in [-0.4, -0.2) is 22.6 Å². The van der Waals surface area contributed by atoms with Crippen LogP contribution in [0.15, 0.2) is 51.8 Å². The second kappa shape index (κ2) is 10.0. The molecule has 0 N–H and O–H groups in total. The van der Waals surface area contributed by atoms with Gasteiger partial charge in [-0.2, -0.15) is 0 Å². The Hall–Kier alpha value is -2.05. The van der Waals surface area contributed by atoms with Crippen LogP contribution >= 0.6 is 27.7 Å². The molecule has 2 aromatic rings. The molecular formula is C25H26BrNO3S. The van der Waals surface area contributed by atoms with Gasteiger partial charge in [0, 0.05) is 16.6 Å². The standard InChI is InChI=1S/C25H26BrNO3S/c1-17-7-9-19(10-8-17)16-30-22-12-11-21(26)13-20(22)14-23-24(28)27(25(29)31-23)15-18-5-3-2-4-6-18/h7-14,18H,2-6,15-16H2,1H3/b23-14+. The van der Waals surface area contributed by atoms with Crippen molar-refractivity contribution in [1.29, 1.82) is 0 Å². The molecule has 1 aliphatic heterocycles. The van der Waals surface area contributed by atoms with Gasteiger partial charge in [-0.1, -0.05) is 65.0 Å². The summed E-state index contributed by atoms with van der Waals surface area (Å²) < 4.78 is 6.95. The Bertz CT molecular complexity index is 996. The number of imide groups is 1. The van der Waals surface area contributed by atoms with Crippen LogP contribution in [0.3, 0.4) is 0 Å². The van der Waals surface area contributed by atoms with Gasteiger partial charge in [-0.3, -0.25) is 14.5 Å². The summed E-state index contributed by atoms with van der Waals surface area (Å²) in [4.78, 5) is 27.4. The quantitative estimate of drug-likeness (QED) is 0.403. The Morgan fingerprint density at radius 3 is 2.58 bits per heavy atom. The lowest BCUT2D eigenvalue weighted by molar-refractivity contribution is -0.123. The van der Waals surface area contributed by atoms with E-state index in [-0.39, 0.29) is 11.1 Å². The zero-order valence-corrected chi connectivity index (χ0v) is 20.0. The van der Waals surface area contributed by atoms with Crippen molar-refractivity contribution in [2.24, 2.45) is 5.92 Å². The normalized spacial score (nSPS) is 18.8. The summed E-state index contributed by atoms with van der Waals surface area (Å²) in [6.07, 6.45) is 7.62. The minimum atomic E-state index is -0.190. The van der Waals surface area contributed by atoms with E-state index in [0.717, 1.165) is 40.2 Å². The van der Waals surface area contributed by atoms with Crippen molar-refractivity contribution in [2.75, 3.05) is 6.54 Å².